The van der Waals surface area contributed by atoms with Crippen molar-refractivity contribution in [2.75, 3.05) is 24.6 Å². The van der Waals surface area contributed by atoms with E-state index in [9.17, 15) is 4.79 Å². The van der Waals surface area contributed by atoms with Crippen LogP contribution in [-0.4, -0.2) is 51.4 Å². The second-order valence-electron chi connectivity index (χ2n) is 4.50. The zero-order valence-electron chi connectivity index (χ0n) is 10.5. The number of hydrogen-bond acceptors (Lipinski definition) is 5. The Morgan fingerprint density at radius 3 is 3.16 bits per heavy atom. The molecule has 19 heavy (non-hydrogen) atoms. The SMILES string of the molecule is Cn1cnc2c(N3CCOC(C(=O)O)C3)nccc21. The Labute approximate surface area is 109 Å². The van der Waals surface area contributed by atoms with Crippen molar-refractivity contribution in [3.63, 3.8) is 0 Å². The zero-order chi connectivity index (χ0) is 13.4. The van der Waals surface area contributed by atoms with Crippen molar-refractivity contribution >= 4 is 22.8 Å². The number of anilines is 1. The highest BCUT2D eigenvalue weighted by atomic mass is 16.5. The molecule has 1 unspecified atom stereocenters. The number of hydrogen-bond donors (Lipinski definition) is 1. The van der Waals surface area contributed by atoms with Crippen LogP contribution in [0.4, 0.5) is 5.82 Å². The smallest absolute Gasteiger partial charge is 0.334 e. The summed E-state index contributed by atoms with van der Waals surface area (Å²) in [6.45, 7) is 1.28. The third-order valence-electron chi connectivity index (χ3n) is 3.27. The molecular weight excluding hydrogens is 248 g/mol. The van der Waals surface area contributed by atoms with E-state index in [1.165, 1.54) is 0 Å². The molecule has 1 atom stereocenters. The minimum Gasteiger partial charge on any atom is -0.479 e. The van der Waals surface area contributed by atoms with Crippen LogP contribution in [0, 0.1) is 0 Å². The predicted molar refractivity (Wildman–Crippen MR) is 68.1 cm³/mol. The van der Waals surface area contributed by atoms with E-state index in [4.69, 9.17) is 9.84 Å². The van der Waals surface area contributed by atoms with Gasteiger partial charge in [0, 0.05) is 19.8 Å². The van der Waals surface area contributed by atoms with Gasteiger partial charge in [-0.1, -0.05) is 0 Å². The van der Waals surface area contributed by atoms with E-state index in [-0.39, 0.29) is 6.54 Å². The minimum atomic E-state index is -0.946. The van der Waals surface area contributed by atoms with Crippen molar-refractivity contribution in [1.29, 1.82) is 0 Å². The zero-order valence-corrected chi connectivity index (χ0v) is 10.5. The molecule has 1 aliphatic rings. The maximum atomic E-state index is 11.0. The first-order valence-corrected chi connectivity index (χ1v) is 6.02. The van der Waals surface area contributed by atoms with Gasteiger partial charge in [0.25, 0.3) is 0 Å². The molecule has 1 aliphatic heterocycles. The van der Waals surface area contributed by atoms with Crippen LogP contribution >= 0.6 is 0 Å². The number of aromatic nitrogens is 3. The summed E-state index contributed by atoms with van der Waals surface area (Å²) in [4.78, 5) is 21.6. The number of ether oxygens (including phenoxy) is 1. The van der Waals surface area contributed by atoms with E-state index in [0.717, 1.165) is 11.0 Å². The molecule has 1 saturated heterocycles. The molecule has 0 radical (unpaired) electrons. The summed E-state index contributed by atoms with van der Waals surface area (Å²) in [5, 5.41) is 9.03. The molecule has 0 bridgehead atoms. The molecule has 0 saturated carbocycles. The molecular formula is C12H14N4O3. The molecule has 3 rings (SSSR count). The Balaban J connectivity index is 1.97. The molecule has 1 fully saturated rings. The van der Waals surface area contributed by atoms with Gasteiger partial charge in [-0.3, -0.25) is 0 Å². The van der Waals surface area contributed by atoms with E-state index >= 15 is 0 Å². The molecule has 100 valence electrons. The number of aliphatic carboxylic acids is 1. The molecule has 3 heterocycles. The van der Waals surface area contributed by atoms with Crippen LogP contribution in [0.5, 0.6) is 0 Å². The fourth-order valence-corrected chi connectivity index (χ4v) is 2.27. The lowest BCUT2D eigenvalue weighted by Crippen LogP contribution is -2.46. The van der Waals surface area contributed by atoms with Gasteiger partial charge in [0.2, 0.25) is 0 Å². The molecule has 2 aromatic rings. The molecule has 0 aliphatic carbocycles. The summed E-state index contributed by atoms with van der Waals surface area (Å²) >= 11 is 0. The number of morpholine rings is 1. The Hall–Kier alpha value is -2.15. The van der Waals surface area contributed by atoms with Crippen LogP contribution in [0.2, 0.25) is 0 Å². The monoisotopic (exact) mass is 262 g/mol. The van der Waals surface area contributed by atoms with Gasteiger partial charge in [-0.05, 0) is 6.07 Å². The van der Waals surface area contributed by atoms with Crippen molar-refractivity contribution in [3.8, 4) is 0 Å². The van der Waals surface area contributed by atoms with Gasteiger partial charge in [-0.2, -0.15) is 0 Å². The maximum Gasteiger partial charge on any atom is 0.334 e. The normalized spacial score (nSPS) is 19.8. The fourth-order valence-electron chi connectivity index (χ4n) is 2.27. The van der Waals surface area contributed by atoms with Gasteiger partial charge in [0.05, 0.1) is 25.0 Å². The highest BCUT2D eigenvalue weighted by Gasteiger charge is 2.28. The number of rotatable bonds is 2. The minimum absolute atomic E-state index is 0.290. The van der Waals surface area contributed by atoms with Crippen LogP contribution in [0.15, 0.2) is 18.6 Å². The topological polar surface area (TPSA) is 80.5 Å². The lowest BCUT2D eigenvalue weighted by Gasteiger charge is -2.31. The maximum absolute atomic E-state index is 11.0. The highest BCUT2D eigenvalue weighted by Crippen LogP contribution is 2.24. The Morgan fingerprint density at radius 2 is 2.37 bits per heavy atom. The first-order valence-electron chi connectivity index (χ1n) is 6.02. The van der Waals surface area contributed by atoms with Crippen molar-refractivity contribution in [3.05, 3.63) is 18.6 Å². The summed E-state index contributed by atoms with van der Waals surface area (Å²) in [6.07, 6.45) is 2.63. The standard InChI is InChI=1S/C12H14N4O3/c1-15-7-14-10-8(15)2-3-13-11(10)16-4-5-19-9(6-16)12(17)18/h2-3,7,9H,4-6H2,1H3,(H,17,18). The molecule has 0 spiro atoms. The van der Waals surface area contributed by atoms with Crippen molar-refractivity contribution in [1.82, 2.24) is 14.5 Å². The number of imidazole rings is 1. The third-order valence-corrected chi connectivity index (χ3v) is 3.27. The molecule has 1 N–H and O–H groups in total. The molecule has 7 heteroatoms. The lowest BCUT2D eigenvalue weighted by atomic mass is 10.2. The number of nitrogens with zero attached hydrogens (tertiary/aromatic N) is 4. The summed E-state index contributed by atoms with van der Waals surface area (Å²) in [5.41, 5.74) is 1.76. The summed E-state index contributed by atoms with van der Waals surface area (Å²) < 4.78 is 7.13. The Morgan fingerprint density at radius 1 is 1.53 bits per heavy atom. The number of pyridine rings is 1. The molecule has 2 aromatic heterocycles. The van der Waals surface area contributed by atoms with Gasteiger partial charge in [0.1, 0.15) is 5.52 Å². The highest BCUT2D eigenvalue weighted by molar-refractivity contribution is 5.86. The fraction of sp³-hybridized carbons (Fsp3) is 0.417. The largest absolute Gasteiger partial charge is 0.479 e. The number of carbonyl (C=O) groups is 1. The summed E-state index contributed by atoms with van der Waals surface area (Å²) in [7, 11) is 1.92. The van der Waals surface area contributed by atoms with Crippen molar-refractivity contribution in [2.24, 2.45) is 7.05 Å². The number of carboxylic acids is 1. The Kier molecular flexibility index (Phi) is 2.83. The van der Waals surface area contributed by atoms with Gasteiger partial charge < -0.3 is 19.3 Å². The first kappa shape index (κ1) is 11.9. The van der Waals surface area contributed by atoms with Gasteiger partial charge in [-0.15, -0.1) is 0 Å². The molecule has 7 nitrogen and oxygen atoms in total. The lowest BCUT2D eigenvalue weighted by molar-refractivity contribution is -0.150. The van der Waals surface area contributed by atoms with E-state index < -0.39 is 12.1 Å². The third kappa shape index (κ3) is 2.01. The quantitative estimate of drug-likeness (QED) is 0.836. The second kappa shape index (κ2) is 4.51. The average Bonchev–Trinajstić information content (AvgIpc) is 2.81. The first-order chi connectivity index (χ1) is 9.16. The van der Waals surface area contributed by atoms with E-state index in [2.05, 4.69) is 9.97 Å². The van der Waals surface area contributed by atoms with Gasteiger partial charge >= 0.3 is 5.97 Å². The van der Waals surface area contributed by atoms with E-state index in [1.807, 2.05) is 22.6 Å². The van der Waals surface area contributed by atoms with Crippen LogP contribution in [0.3, 0.4) is 0 Å². The van der Waals surface area contributed by atoms with Crippen LogP contribution in [-0.2, 0) is 16.6 Å². The summed E-state index contributed by atoms with van der Waals surface area (Å²) in [6, 6.07) is 1.89. The van der Waals surface area contributed by atoms with Gasteiger partial charge in [-0.25, -0.2) is 14.8 Å². The Bertz CT molecular complexity index is 624. The number of fused-ring (bicyclic) bond motifs is 1. The van der Waals surface area contributed by atoms with Crippen molar-refractivity contribution in [2.45, 2.75) is 6.10 Å². The van der Waals surface area contributed by atoms with Crippen molar-refractivity contribution < 1.29 is 14.6 Å². The molecule has 0 aromatic carbocycles. The van der Waals surface area contributed by atoms with E-state index in [0.29, 0.717) is 19.0 Å². The second-order valence-corrected chi connectivity index (χ2v) is 4.50. The van der Waals surface area contributed by atoms with Crippen LogP contribution < -0.4 is 4.90 Å². The van der Waals surface area contributed by atoms with Crippen LogP contribution in [0.25, 0.3) is 11.0 Å². The number of carboxylic acid groups (broad SMARTS) is 1. The summed E-state index contributed by atoms with van der Waals surface area (Å²) in [5.74, 6) is -0.231. The molecule has 0 amide bonds. The number of aryl methyl sites for hydroxylation is 1. The van der Waals surface area contributed by atoms with Gasteiger partial charge in [0.15, 0.2) is 11.9 Å². The van der Waals surface area contributed by atoms with E-state index in [1.54, 1.807) is 12.5 Å². The average molecular weight is 262 g/mol. The van der Waals surface area contributed by atoms with Crippen LogP contribution in [0.1, 0.15) is 0 Å². The predicted octanol–water partition coefficient (Wildman–Crippen LogP) is 0.258.